The van der Waals surface area contributed by atoms with E-state index in [1.54, 1.807) is 11.2 Å². The highest BCUT2D eigenvalue weighted by molar-refractivity contribution is 7.10. The summed E-state index contributed by atoms with van der Waals surface area (Å²) in [4.78, 5) is 1.57. The van der Waals surface area contributed by atoms with Crippen molar-refractivity contribution in [3.8, 4) is 0 Å². The molecule has 0 spiro atoms. The van der Waals surface area contributed by atoms with Crippen molar-refractivity contribution < 1.29 is 0 Å². The predicted molar refractivity (Wildman–Crippen MR) is 72.7 cm³/mol. The van der Waals surface area contributed by atoms with Gasteiger partial charge in [-0.25, -0.2) is 0 Å². The fraction of sp³-hybridized carbons (Fsp3) is 0.538. The molecule has 4 nitrogen and oxygen atoms in total. The Bertz CT molecular complexity index is 517. The Morgan fingerprint density at radius 1 is 1.56 bits per heavy atom. The van der Waals surface area contributed by atoms with Crippen LogP contribution in [0.3, 0.4) is 0 Å². The molecule has 0 bridgehead atoms. The van der Waals surface area contributed by atoms with Gasteiger partial charge in [-0.05, 0) is 36.3 Å². The van der Waals surface area contributed by atoms with Crippen LogP contribution in [0, 0.1) is 0 Å². The summed E-state index contributed by atoms with van der Waals surface area (Å²) in [5.41, 5.74) is 1.52. The van der Waals surface area contributed by atoms with Gasteiger partial charge in [-0.15, -0.1) is 21.5 Å². The zero-order valence-corrected chi connectivity index (χ0v) is 11.4. The average Bonchev–Trinajstić information content (AvgIpc) is 2.99. The molecule has 0 fully saturated rings. The van der Waals surface area contributed by atoms with Gasteiger partial charge in [-0.1, -0.05) is 0 Å². The summed E-state index contributed by atoms with van der Waals surface area (Å²) in [7, 11) is 1.99. The van der Waals surface area contributed by atoms with E-state index in [4.69, 9.17) is 0 Å². The molecule has 1 atom stereocenters. The maximum absolute atomic E-state index is 4.11. The third-order valence-electron chi connectivity index (χ3n) is 3.60. The highest BCUT2D eigenvalue weighted by atomic mass is 32.1. The van der Waals surface area contributed by atoms with E-state index in [-0.39, 0.29) is 0 Å². The van der Waals surface area contributed by atoms with Gasteiger partial charge in [0.15, 0.2) is 0 Å². The monoisotopic (exact) mass is 262 g/mol. The lowest BCUT2D eigenvalue weighted by atomic mass is 9.94. The number of hydrogen-bond acceptors (Lipinski definition) is 4. The molecular weight excluding hydrogens is 244 g/mol. The van der Waals surface area contributed by atoms with Crippen molar-refractivity contribution >= 4 is 11.3 Å². The number of nitrogens with one attached hydrogen (secondary N) is 1. The van der Waals surface area contributed by atoms with Crippen LogP contribution in [-0.4, -0.2) is 21.3 Å². The third kappa shape index (κ3) is 2.33. The molecule has 18 heavy (non-hydrogen) atoms. The van der Waals surface area contributed by atoms with Crippen LogP contribution in [-0.2, 0) is 19.9 Å². The van der Waals surface area contributed by atoms with E-state index >= 15 is 0 Å². The van der Waals surface area contributed by atoms with Crippen LogP contribution in [0.4, 0.5) is 0 Å². The number of aromatic nitrogens is 3. The van der Waals surface area contributed by atoms with Gasteiger partial charge in [0.05, 0.1) is 0 Å². The van der Waals surface area contributed by atoms with Crippen molar-refractivity contribution in [1.29, 1.82) is 0 Å². The Morgan fingerprint density at radius 3 is 3.33 bits per heavy atom. The van der Waals surface area contributed by atoms with Gasteiger partial charge in [0.2, 0.25) is 0 Å². The van der Waals surface area contributed by atoms with E-state index in [1.807, 2.05) is 23.0 Å². The van der Waals surface area contributed by atoms with Crippen LogP contribution in [0.5, 0.6) is 0 Å². The molecule has 1 aliphatic carbocycles. The number of fused-ring (bicyclic) bond motifs is 1. The Balaban J connectivity index is 1.57. The summed E-state index contributed by atoms with van der Waals surface area (Å²) in [6.07, 6.45) is 6.51. The predicted octanol–water partition coefficient (Wildman–Crippen LogP) is 2.09. The van der Waals surface area contributed by atoms with Crippen LogP contribution in [0.15, 0.2) is 17.8 Å². The van der Waals surface area contributed by atoms with Crippen molar-refractivity contribution in [1.82, 2.24) is 20.1 Å². The Hall–Kier alpha value is -1.20. The van der Waals surface area contributed by atoms with Gasteiger partial charge < -0.3 is 9.88 Å². The van der Waals surface area contributed by atoms with Crippen LogP contribution >= 0.6 is 11.3 Å². The second-order valence-corrected chi connectivity index (χ2v) is 5.81. The van der Waals surface area contributed by atoms with Gasteiger partial charge in [0.1, 0.15) is 12.2 Å². The molecule has 0 amide bonds. The maximum Gasteiger partial charge on any atom is 0.133 e. The molecule has 5 heteroatoms. The highest BCUT2D eigenvalue weighted by Gasteiger charge is 2.20. The van der Waals surface area contributed by atoms with Gasteiger partial charge in [-0.3, -0.25) is 0 Å². The van der Waals surface area contributed by atoms with Crippen molar-refractivity contribution in [2.24, 2.45) is 7.05 Å². The Labute approximate surface area is 111 Å². The second-order valence-electron chi connectivity index (χ2n) is 4.81. The number of nitrogens with zero attached hydrogens (tertiary/aromatic N) is 3. The number of aryl methyl sites for hydroxylation is 2. The van der Waals surface area contributed by atoms with Gasteiger partial charge in [-0.2, -0.15) is 0 Å². The van der Waals surface area contributed by atoms with Crippen LogP contribution in [0.25, 0.3) is 0 Å². The molecule has 0 saturated carbocycles. The first-order valence-electron chi connectivity index (χ1n) is 6.47. The van der Waals surface area contributed by atoms with Gasteiger partial charge in [0.25, 0.3) is 0 Å². The average molecular weight is 262 g/mol. The molecule has 2 aromatic heterocycles. The molecule has 0 saturated heterocycles. The lowest BCUT2D eigenvalue weighted by Crippen LogP contribution is -2.26. The zero-order valence-electron chi connectivity index (χ0n) is 10.6. The normalized spacial score (nSPS) is 18.8. The lowest BCUT2D eigenvalue weighted by molar-refractivity contribution is 0.463. The number of rotatable bonds is 4. The molecule has 3 rings (SSSR count). The van der Waals surface area contributed by atoms with E-state index in [0.717, 1.165) is 18.8 Å². The first kappa shape index (κ1) is 11.9. The number of thiophene rings is 1. The SMILES string of the molecule is Cn1cnnc1CCNC1CCCc2sccc21. The van der Waals surface area contributed by atoms with Crippen molar-refractivity contribution in [3.63, 3.8) is 0 Å². The largest absolute Gasteiger partial charge is 0.321 e. The molecule has 0 aliphatic heterocycles. The summed E-state index contributed by atoms with van der Waals surface area (Å²) in [6.45, 7) is 0.965. The quantitative estimate of drug-likeness (QED) is 0.917. The standard InChI is InChI=1S/C13H18N4S/c1-17-9-15-16-13(17)5-7-14-11-3-2-4-12-10(11)6-8-18-12/h6,8-9,11,14H,2-5,7H2,1H3. The molecule has 1 N–H and O–H groups in total. The molecular formula is C13H18N4S. The lowest BCUT2D eigenvalue weighted by Gasteiger charge is -2.23. The third-order valence-corrected chi connectivity index (χ3v) is 4.59. The van der Waals surface area contributed by atoms with Gasteiger partial charge in [0, 0.05) is 30.9 Å². The summed E-state index contributed by atoms with van der Waals surface area (Å²) in [6, 6.07) is 2.81. The smallest absolute Gasteiger partial charge is 0.133 e. The second kappa shape index (κ2) is 5.20. The Kier molecular flexibility index (Phi) is 3.43. The van der Waals surface area contributed by atoms with Crippen LogP contribution in [0.1, 0.15) is 35.1 Å². The molecule has 96 valence electrons. The molecule has 2 aromatic rings. The van der Waals surface area contributed by atoms with Crippen molar-refractivity contribution in [3.05, 3.63) is 34.0 Å². The first-order chi connectivity index (χ1) is 8.84. The molecule has 0 aromatic carbocycles. The van der Waals surface area contributed by atoms with E-state index < -0.39 is 0 Å². The minimum Gasteiger partial charge on any atom is -0.321 e. The summed E-state index contributed by atoms with van der Waals surface area (Å²) in [5, 5.41) is 13.9. The summed E-state index contributed by atoms with van der Waals surface area (Å²) >= 11 is 1.90. The van der Waals surface area contributed by atoms with E-state index in [9.17, 15) is 0 Å². The van der Waals surface area contributed by atoms with Crippen molar-refractivity contribution in [2.45, 2.75) is 31.7 Å². The Morgan fingerprint density at radius 2 is 2.50 bits per heavy atom. The molecule has 1 unspecified atom stereocenters. The zero-order chi connectivity index (χ0) is 12.4. The molecule has 0 radical (unpaired) electrons. The first-order valence-corrected chi connectivity index (χ1v) is 7.35. The topological polar surface area (TPSA) is 42.7 Å². The minimum atomic E-state index is 0.535. The van der Waals surface area contributed by atoms with Crippen LogP contribution < -0.4 is 5.32 Å². The summed E-state index contributed by atoms with van der Waals surface area (Å²) in [5.74, 6) is 1.05. The van der Waals surface area contributed by atoms with E-state index in [0.29, 0.717) is 6.04 Å². The number of hydrogen-bond donors (Lipinski definition) is 1. The van der Waals surface area contributed by atoms with E-state index in [2.05, 4.69) is 27.0 Å². The molecule has 1 aliphatic rings. The maximum atomic E-state index is 4.11. The fourth-order valence-corrected chi connectivity index (χ4v) is 3.58. The van der Waals surface area contributed by atoms with Gasteiger partial charge >= 0.3 is 0 Å². The molecule has 2 heterocycles. The fourth-order valence-electron chi connectivity index (χ4n) is 2.59. The minimum absolute atomic E-state index is 0.535. The summed E-state index contributed by atoms with van der Waals surface area (Å²) < 4.78 is 1.98. The van der Waals surface area contributed by atoms with Crippen LogP contribution in [0.2, 0.25) is 0 Å². The van der Waals surface area contributed by atoms with Crippen molar-refractivity contribution in [2.75, 3.05) is 6.54 Å². The highest BCUT2D eigenvalue weighted by Crippen LogP contribution is 2.33. The van der Waals surface area contributed by atoms with E-state index in [1.165, 1.54) is 24.8 Å².